The van der Waals surface area contributed by atoms with Gasteiger partial charge in [0.05, 0.1) is 5.56 Å². The van der Waals surface area contributed by atoms with E-state index in [1.54, 1.807) is 12.1 Å². The van der Waals surface area contributed by atoms with Crippen molar-refractivity contribution in [2.75, 3.05) is 11.9 Å². The van der Waals surface area contributed by atoms with Gasteiger partial charge in [-0.2, -0.15) is 5.26 Å². The molecule has 1 aromatic carbocycles. The number of anilines is 1. The van der Waals surface area contributed by atoms with Gasteiger partial charge >= 0.3 is 0 Å². The molecule has 3 rings (SSSR count). The Morgan fingerprint density at radius 1 is 1.43 bits per heavy atom. The predicted octanol–water partition coefficient (Wildman–Crippen LogP) is 3.76. The molecule has 1 amide bonds. The zero-order valence-electron chi connectivity index (χ0n) is 13.0. The van der Waals surface area contributed by atoms with E-state index in [0.717, 1.165) is 24.8 Å². The van der Waals surface area contributed by atoms with Gasteiger partial charge in [-0.15, -0.1) is 11.3 Å². The first-order valence-electron chi connectivity index (χ1n) is 7.69. The molecule has 0 radical (unpaired) electrons. The summed E-state index contributed by atoms with van der Waals surface area (Å²) in [4.78, 5) is 13.3. The fraction of sp³-hybridized carbons (Fsp3) is 0.333. The highest BCUT2D eigenvalue weighted by Gasteiger charge is 2.24. The number of nitrogens with zero attached hydrogens (tertiary/aromatic N) is 1. The molecular formula is C18H18N2O2S. The number of rotatable bonds is 4. The van der Waals surface area contributed by atoms with Gasteiger partial charge in [-0.05, 0) is 42.9 Å². The molecule has 0 bridgehead atoms. The monoisotopic (exact) mass is 326 g/mol. The van der Waals surface area contributed by atoms with Gasteiger partial charge in [0.25, 0.3) is 5.91 Å². The fourth-order valence-corrected chi connectivity index (χ4v) is 4.16. The molecule has 1 aromatic heterocycles. The zero-order chi connectivity index (χ0) is 16.2. The van der Waals surface area contributed by atoms with Crippen LogP contribution >= 0.6 is 11.3 Å². The Kier molecular flexibility index (Phi) is 4.63. The Balaban J connectivity index is 1.68. The topological polar surface area (TPSA) is 62.1 Å². The van der Waals surface area contributed by atoms with E-state index >= 15 is 0 Å². The Hall–Kier alpha value is -2.32. The van der Waals surface area contributed by atoms with Gasteiger partial charge in [-0.3, -0.25) is 4.79 Å². The van der Waals surface area contributed by atoms with Crippen LogP contribution in [-0.4, -0.2) is 12.5 Å². The van der Waals surface area contributed by atoms with E-state index in [-0.39, 0.29) is 12.5 Å². The van der Waals surface area contributed by atoms with E-state index < -0.39 is 0 Å². The van der Waals surface area contributed by atoms with Gasteiger partial charge in [0.15, 0.2) is 6.61 Å². The number of ether oxygens (including phenoxy) is 1. The van der Waals surface area contributed by atoms with Crippen LogP contribution in [0.1, 0.15) is 29.3 Å². The highest BCUT2D eigenvalue weighted by atomic mass is 32.1. The van der Waals surface area contributed by atoms with Crippen LogP contribution in [0.25, 0.3) is 0 Å². The summed E-state index contributed by atoms with van der Waals surface area (Å²) in [5, 5.41) is 12.9. The molecule has 0 aliphatic heterocycles. The number of amides is 1. The number of hydrogen-bond acceptors (Lipinski definition) is 4. The fourth-order valence-electron chi connectivity index (χ4n) is 2.79. The first-order valence-corrected chi connectivity index (χ1v) is 8.51. The number of thiophene rings is 1. The Labute approximate surface area is 139 Å². The highest BCUT2D eigenvalue weighted by Crippen LogP contribution is 2.39. The highest BCUT2D eigenvalue weighted by molar-refractivity contribution is 7.16. The van der Waals surface area contributed by atoms with Crippen molar-refractivity contribution in [2.45, 2.75) is 26.2 Å². The third-order valence-corrected chi connectivity index (χ3v) is 5.16. The minimum atomic E-state index is -0.239. The number of para-hydroxylation sites is 1. The standard InChI is InChI=1S/C18H18N2O2S/c1-12-7-8-14-15(10-19)18(23-16(14)9-12)20-17(21)11-22-13-5-3-2-4-6-13/h2-6,12H,7-9,11H2,1H3,(H,20,21)/t12-/m0/s1. The van der Waals surface area contributed by atoms with Crippen LogP contribution in [0.3, 0.4) is 0 Å². The second kappa shape index (κ2) is 6.84. The lowest BCUT2D eigenvalue weighted by Crippen LogP contribution is -2.20. The maximum Gasteiger partial charge on any atom is 0.262 e. The van der Waals surface area contributed by atoms with Crippen molar-refractivity contribution in [2.24, 2.45) is 5.92 Å². The second-order valence-electron chi connectivity index (χ2n) is 5.82. The van der Waals surface area contributed by atoms with Gasteiger partial charge in [0, 0.05) is 4.88 Å². The van der Waals surface area contributed by atoms with Gasteiger partial charge in [-0.1, -0.05) is 25.1 Å². The predicted molar refractivity (Wildman–Crippen MR) is 90.8 cm³/mol. The molecule has 5 heteroatoms. The summed E-state index contributed by atoms with van der Waals surface area (Å²) in [6.07, 6.45) is 3.01. The van der Waals surface area contributed by atoms with E-state index in [9.17, 15) is 10.1 Å². The van der Waals surface area contributed by atoms with Crippen LogP contribution in [0.4, 0.5) is 5.00 Å². The van der Waals surface area contributed by atoms with Crippen LogP contribution in [0.5, 0.6) is 5.75 Å². The molecule has 4 nitrogen and oxygen atoms in total. The normalized spacial score (nSPS) is 16.3. The molecule has 0 saturated heterocycles. The maximum atomic E-state index is 12.1. The molecule has 1 aliphatic rings. The zero-order valence-corrected chi connectivity index (χ0v) is 13.8. The van der Waals surface area contributed by atoms with Gasteiger partial charge in [0.1, 0.15) is 16.8 Å². The maximum absolute atomic E-state index is 12.1. The number of hydrogen-bond donors (Lipinski definition) is 1. The van der Waals surface area contributed by atoms with Crippen LogP contribution in [-0.2, 0) is 17.6 Å². The first-order chi connectivity index (χ1) is 11.2. The SMILES string of the molecule is C[C@H]1CCc2c(sc(NC(=O)COc3ccccc3)c2C#N)C1. The molecule has 0 spiro atoms. The largest absolute Gasteiger partial charge is 0.484 e. The number of carbonyl (C=O) groups excluding carboxylic acids is 1. The van der Waals surface area contributed by atoms with Crippen molar-refractivity contribution in [3.05, 3.63) is 46.3 Å². The van der Waals surface area contributed by atoms with Crippen LogP contribution < -0.4 is 10.1 Å². The Morgan fingerprint density at radius 2 is 2.22 bits per heavy atom. The summed E-state index contributed by atoms with van der Waals surface area (Å²) >= 11 is 1.53. The number of carbonyl (C=O) groups is 1. The summed E-state index contributed by atoms with van der Waals surface area (Å²) in [5.41, 5.74) is 1.75. The quantitative estimate of drug-likeness (QED) is 0.930. The molecule has 1 heterocycles. The van der Waals surface area contributed by atoms with Gasteiger partial charge < -0.3 is 10.1 Å². The van der Waals surface area contributed by atoms with E-state index in [1.165, 1.54) is 16.2 Å². The van der Waals surface area contributed by atoms with Crippen molar-refractivity contribution in [3.63, 3.8) is 0 Å². The van der Waals surface area contributed by atoms with E-state index in [0.29, 0.717) is 22.2 Å². The third-order valence-electron chi connectivity index (χ3n) is 3.99. The number of benzene rings is 1. The minimum Gasteiger partial charge on any atom is -0.484 e. The van der Waals surface area contributed by atoms with E-state index in [4.69, 9.17) is 4.74 Å². The van der Waals surface area contributed by atoms with Crippen molar-refractivity contribution in [1.29, 1.82) is 5.26 Å². The lowest BCUT2D eigenvalue weighted by Gasteiger charge is -2.17. The molecule has 0 unspecified atom stereocenters. The summed E-state index contributed by atoms with van der Waals surface area (Å²) < 4.78 is 5.44. The molecule has 1 N–H and O–H groups in total. The van der Waals surface area contributed by atoms with Crippen LogP contribution in [0.2, 0.25) is 0 Å². The van der Waals surface area contributed by atoms with Crippen molar-refractivity contribution in [1.82, 2.24) is 0 Å². The third kappa shape index (κ3) is 3.54. The second-order valence-corrected chi connectivity index (χ2v) is 6.92. The van der Waals surface area contributed by atoms with Crippen molar-refractivity contribution in [3.8, 4) is 11.8 Å². The number of fused-ring (bicyclic) bond motifs is 1. The van der Waals surface area contributed by atoms with E-state index in [2.05, 4.69) is 18.3 Å². The Bertz CT molecular complexity index is 746. The van der Waals surface area contributed by atoms with Crippen molar-refractivity contribution >= 4 is 22.2 Å². The summed E-state index contributed by atoms with van der Waals surface area (Å²) in [6, 6.07) is 11.5. The molecule has 2 aromatic rings. The summed E-state index contributed by atoms with van der Waals surface area (Å²) in [6.45, 7) is 2.16. The van der Waals surface area contributed by atoms with Gasteiger partial charge in [0.2, 0.25) is 0 Å². The lowest BCUT2D eigenvalue weighted by atomic mass is 9.89. The van der Waals surface area contributed by atoms with Crippen LogP contribution in [0.15, 0.2) is 30.3 Å². The number of nitriles is 1. The molecule has 23 heavy (non-hydrogen) atoms. The summed E-state index contributed by atoms with van der Waals surface area (Å²) in [5.74, 6) is 1.05. The van der Waals surface area contributed by atoms with Crippen LogP contribution in [0, 0.1) is 17.2 Å². The smallest absolute Gasteiger partial charge is 0.262 e. The molecule has 118 valence electrons. The number of nitrogens with one attached hydrogen (secondary N) is 1. The molecule has 1 atom stereocenters. The minimum absolute atomic E-state index is 0.0617. The van der Waals surface area contributed by atoms with E-state index in [1.807, 2.05) is 18.2 Å². The molecule has 0 saturated carbocycles. The van der Waals surface area contributed by atoms with Crippen molar-refractivity contribution < 1.29 is 9.53 Å². The molecule has 1 aliphatic carbocycles. The average Bonchev–Trinajstić information content (AvgIpc) is 2.89. The molecule has 0 fully saturated rings. The molecular weight excluding hydrogens is 308 g/mol. The summed E-state index contributed by atoms with van der Waals surface area (Å²) in [7, 11) is 0. The first kappa shape index (κ1) is 15.6. The lowest BCUT2D eigenvalue weighted by molar-refractivity contribution is -0.118. The average molecular weight is 326 g/mol. The van der Waals surface area contributed by atoms with Gasteiger partial charge in [-0.25, -0.2) is 0 Å². The Morgan fingerprint density at radius 3 is 2.96 bits per heavy atom.